The minimum atomic E-state index is -0.853. The minimum absolute atomic E-state index is 0.0194. The number of hydrogen-bond acceptors (Lipinski definition) is 5. The molecule has 1 amide bonds. The van der Waals surface area contributed by atoms with Crippen LogP contribution >= 0.6 is 0 Å². The topological polar surface area (TPSA) is 95.9 Å². The van der Waals surface area contributed by atoms with Gasteiger partial charge in [0.05, 0.1) is 25.4 Å². The average molecular weight is 830 g/mol. The molecule has 0 fully saturated rings. The Morgan fingerprint density at radius 3 is 1.20 bits per heavy atom. The lowest BCUT2D eigenvalue weighted by Crippen LogP contribution is -2.45. The fourth-order valence-electron chi connectivity index (χ4n) is 7.62. The van der Waals surface area contributed by atoms with Gasteiger partial charge in [0.25, 0.3) is 0 Å². The first-order chi connectivity index (χ1) is 29.0. The lowest BCUT2D eigenvalue weighted by Gasteiger charge is -2.20. The molecule has 0 rings (SSSR count). The summed E-state index contributed by atoms with van der Waals surface area (Å²) in [7, 11) is 0. The van der Waals surface area contributed by atoms with Crippen LogP contribution in [0.25, 0.3) is 0 Å². The zero-order chi connectivity index (χ0) is 43.0. The number of esters is 1. The Balaban J connectivity index is 3.49. The van der Waals surface area contributed by atoms with Gasteiger partial charge < -0.3 is 20.3 Å². The number of carbonyl (C=O) groups is 2. The molecule has 59 heavy (non-hydrogen) atoms. The van der Waals surface area contributed by atoms with Gasteiger partial charge in [-0.2, -0.15) is 0 Å². The summed E-state index contributed by atoms with van der Waals surface area (Å²) in [6.07, 6.45) is 58.6. The first kappa shape index (κ1) is 57.1. The Morgan fingerprint density at radius 2 is 0.797 bits per heavy atom. The largest absolute Gasteiger partial charge is 0.466 e. The second-order valence-electron chi connectivity index (χ2n) is 17.5. The highest BCUT2D eigenvalue weighted by molar-refractivity contribution is 5.76. The van der Waals surface area contributed by atoms with Crippen molar-refractivity contribution in [3.05, 3.63) is 36.5 Å². The van der Waals surface area contributed by atoms with E-state index in [0.29, 0.717) is 19.4 Å². The Bertz CT molecular complexity index is 962. The predicted octanol–water partition coefficient (Wildman–Crippen LogP) is 15.3. The molecule has 6 heteroatoms. The van der Waals surface area contributed by atoms with E-state index in [9.17, 15) is 19.8 Å². The lowest BCUT2D eigenvalue weighted by molar-refractivity contribution is -0.143. The molecular formula is C53H99NO5. The maximum Gasteiger partial charge on any atom is 0.305 e. The fourth-order valence-corrected chi connectivity index (χ4v) is 7.62. The van der Waals surface area contributed by atoms with Gasteiger partial charge in [0.15, 0.2) is 0 Å². The molecule has 2 atom stereocenters. The molecule has 0 radical (unpaired) electrons. The Morgan fingerprint density at radius 1 is 0.458 bits per heavy atom. The highest BCUT2D eigenvalue weighted by Crippen LogP contribution is 2.14. The lowest BCUT2D eigenvalue weighted by atomic mass is 10.1. The second-order valence-corrected chi connectivity index (χ2v) is 17.5. The number of allylic oxidation sites excluding steroid dienone is 5. The zero-order valence-corrected chi connectivity index (χ0v) is 39.2. The van der Waals surface area contributed by atoms with Gasteiger partial charge in [-0.05, 0) is 83.5 Å². The Hall–Kier alpha value is -1.92. The van der Waals surface area contributed by atoms with E-state index >= 15 is 0 Å². The van der Waals surface area contributed by atoms with Gasteiger partial charge in [0, 0.05) is 12.8 Å². The molecule has 3 N–H and O–H groups in total. The smallest absolute Gasteiger partial charge is 0.305 e. The van der Waals surface area contributed by atoms with E-state index < -0.39 is 12.1 Å². The van der Waals surface area contributed by atoms with E-state index in [1.54, 1.807) is 6.08 Å². The monoisotopic (exact) mass is 830 g/mol. The van der Waals surface area contributed by atoms with Crippen molar-refractivity contribution in [1.29, 1.82) is 0 Å². The quantitative estimate of drug-likeness (QED) is 0.0323. The molecule has 0 spiro atoms. The van der Waals surface area contributed by atoms with E-state index in [-0.39, 0.29) is 18.5 Å². The van der Waals surface area contributed by atoms with E-state index in [0.717, 1.165) is 70.6 Å². The molecular weight excluding hydrogens is 731 g/mol. The molecule has 0 aromatic rings. The second kappa shape index (κ2) is 48.7. The van der Waals surface area contributed by atoms with Crippen LogP contribution in [0, 0.1) is 0 Å². The van der Waals surface area contributed by atoms with Crippen LogP contribution < -0.4 is 5.32 Å². The van der Waals surface area contributed by atoms with Gasteiger partial charge in [0.1, 0.15) is 0 Å². The van der Waals surface area contributed by atoms with Gasteiger partial charge in [0.2, 0.25) is 5.91 Å². The summed E-state index contributed by atoms with van der Waals surface area (Å²) in [5.74, 6) is -0.105. The van der Waals surface area contributed by atoms with Crippen LogP contribution in [-0.4, -0.2) is 47.4 Å². The molecule has 0 aliphatic rings. The summed E-state index contributed by atoms with van der Waals surface area (Å²) < 4.78 is 5.45. The standard InChI is InChI=1S/C53H99NO5/c1-3-5-7-9-11-13-15-16-17-20-23-27-31-35-39-43-47-53(58)59-48-44-40-36-32-28-24-21-18-19-22-26-30-34-38-42-46-52(57)54-50(49-55)51(56)45-41-37-33-29-25-14-12-10-8-6-4-2/h17,20-21,24,41,45,50-51,55-56H,3-16,18-19,22-23,25-40,42-44,46-49H2,1-2H3,(H,54,57)/b20-17-,24-21-,45-41+. The van der Waals surface area contributed by atoms with Crippen molar-refractivity contribution in [3.63, 3.8) is 0 Å². The summed E-state index contributed by atoms with van der Waals surface area (Å²) in [6.45, 7) is 4.84. The third-order valence-corrected chi connectivity index (χ3v) is 11.6. The molecule has 2 unspecified atom stereocenters. The Labute approximate surface area is 366 Å². The number of rotatable bonds is 47. The maximum absolute atomic E-state index is 12.4. The van der Waals surface area contributed by atoms with Crippen LogP contribution in [0.2, 0.25) is 0 Å². The van der Waals surface area contributed by atoms with Crippen LogP contribution in [-0.2, 0) is 14.3 Å². The highest BCUT2D eigenvalue weighted by atomic mass is 16.5. The molecule has 0 aromatic heterocycles. The summed E-state index contributed by atoms with van der Waals surface area (Å²) in [5.41, 5.74) is 0. The van der Waals surface area contributed by atoms with Crippen molar-refractivity contribution < 1.29 is 24.5 Å². The fraction of sp³-hybridized carbons (Fsp3) is 0.849. The molecule has 0 saturated carbocycles. The normalized spacial score (nSPS) is 12.9. The van der Waals surface area contributed by atoms with Crippen LogP contribution in [0.3, 0.4) is 0 Å². The highest BCUT2D eigenvalue weighted by Gasteiger charge is 2.18. The molecule has 0 aliphatic carbocycles. The minimum Gasteiger partial charge on any atom is -0.466 e. The number of amides is 1. The summed E-state index contributed by atoms with van der Waals surface area (Å²) in [5, 5.41) is 22.9. The number of carbonyl (C=O) groups excluding carboxylic acids is 2. The number of ether oxygens (including phenoxy) is 1. The number of nitrogens with one attached hydrogen (secondary N) is 1. The Kier molecular flexibility index (Phi) is 47.2. The SMILES string of the molecule is CCCCCCCCC/C=C\CCCCCCCC(=O)OCCCCCC/C=C\CCCCCCCCCC(=O)NC(CO)C(O)/C=C/CCCCCCCCCCC. The van der Waals surface area contributed by atoms with E-state index in [1.165, 1.54) is 167 Å². The number of aliphatic hydroxyl groups is 2. The number of hydrogen-bond donors (Lipinski definition) is 3. The third-order valence-electron chi connectivity index (χ3n) is 11.6. The van der Waals surface area contributed by atoms with E-state index in [1.807, 2.05) is 6.08 Å². The van der Waals surface area contributed by atoms with Crippen molar-refractivity contribution in [2.45, 2.75) is 276 Å². The van der Waals surface area contributed by atoms with Gasteiger partial charge in [-0.1, -0.05) is 204 Å². The molecule has 0 bridgehead atoms. The van der Waals surface area contributed by atoms with Gasteiger partial charge in [-0.3, -0.25) is 9.59 Å². The van der Waals surface area contributed by atoms with Crippen molar-refractivity contribution in [3.8, 4) is 0 Å². The van der Waals surface area contributed by atoms with Crippen LogP contribution in [0.4, 0.5) is 0 Å². The number of unbranched alkanes of at least 4 members (excludes halogenated alkanes) is 32. The first-order valence-corrected chi connectivity index (χ1v) is 25.8. The van der Waals surface area contributed by atoms with Crippen LogP contribution in [0.15, 0.2) is 36.5 Å². The van der Waals surface area contributed by atoms with Crippen LogP contribution in [0.5, 0.6) is 0 Å². The van der Waals surface area contributed by atoms with Gasteiger partial charge in [-0.25, -0.2) is 0 Å². The van der Waals surface area contributed by atoms with Crippen molar-refractivity contribution >= 4 is 11.9 Å². The van der Waals surface area contributed by atoms with E-state index in [2.05, 4.69) is 43.5 Å². The summed E-state index contributed by atoms with van der Waals surface area (Å²) in [4.78, 5) is 24.4. The third kappa shape index (κ3) is 45.4. The van der Waals surface area contributed by atoms with Crippen molar-refractivity contribution in [2.24, 2.45) is 0 Å². The molecule has 0 aliphatic heterocycles. The maximum atomic E-state index is 12.4. The predicted molar refractivity (Wildman–Crippen MR) is 255 cm³/mol. The zero-order valence-electron chi connectivity index (χ0n) is 39.2. The molecule has 0 heterocycles. The molecule has 0 aromatic carbocycles. The number of aliphatic hydroxyl groups excluding tert-OH is 2. The van der Waals surface area contributed by atoms with Gasteiger partial charge >= 0.3 is 5.97 Å². The van der Waals surface area contributed by atoms with Crippen molar-refractivity contribution in [1.82, 2.24) is 5.32 Å². The van der Waals surface area contributed by atoms with Gasteiger partial charge in [-0.15, -0.1) is 0 Å². The average Bonchev–Trinajstić information content (AvgIpc) is 3.24. The summed E-state index contributed by atoms with van der Waals surface area (Å²) in [6, 6.07) is -0.638. The van der Waals surface area contributed by atoms with Crippen molar-refractivity contribution in [2.75, 3.05) is 13.2 Å². The molecule has 346 valence electrons. The van der Waals surface area contributed by atoms with E-state index in [4.69, 9.17) is 4.74 Å². The van der Waals surface area contributed by atoms with Crippen LogP contribution in [0.1, 0.15) is 264 Å². The molecule has 0 saturated heterocycles. The first-order valence-electron chi connectivity index (χ1n) is 25.8. The molecule has 6 nitrogen and oxygen atoms in total. The summed E-state index contributed by atoms with van der Waals surface area (Å²) >= 11 is 0.